The van der Waals surface area contributed by atoms with Crippen LogP contribution in [-0.4, -0.2) is 44.5 Å². The molecular weight excluding hydrogens is 359 g/mol. The van der Waals surface area contributed by atoms with E-state index in [0.717, 1.165) is 5.69 Å². The van der Waals surface area contributed by atoms with Gasteiger partial charge in [0.05, 0.1) is 12.2 Å². The third-order valence-corrected chi connectivity index (χ3v) is 4.89. The molecule has 1 atom stereocenters. The van der Waals surface area contributed by atoms with E-state index in [1.165, 1.54) is 6.33 Å². The van der Waals surface area contributed by atoms with Gasteiger partial charge >= 0.3 is 0 Å². The average Bonchev–Trinajstić information content (AvgIpc) is 3.41. The lowest BCUT2D eigenvalue weighted by Crippen LogP contribution is -2.31. The molecule has 144 valence electrons. The summed E-state index contributed by atoms with van der Waals surface area (Å²) in [5.41, 5.74) is 1.95. The molecule has 3 aromatic rings. The predicted octanol–water partition coefficient (Wildman–Crippen LogP) is 3.26. The van der Waals surface area contributed by atoms with Crippen LogP contribution < -0.4 is 4.74 Å². The van der Waals surface area contributed by atoms with E-state index in [1.54, 1.807) is 4.90 Å². The van der Waals surface area contributed by atoms with Crippen molar-refractivity contribution in [2.24, 2.45) is 0 Å². The number of ether oxygens (including phenoxy) is 1. The molecule has 0 bridgehead atoms. The topological polar surface area (TPSA) is 60.3 Å². The number of nitrogens with zero attached hydrogens (tertiary/aromatic N) is 4. The Kier molecular flexibility index (Phi) is 5.06. The van der Waals surface area contributed by atoms with E-state index in [-0.39, 0.29) is 17.9 Å². The van der Waals surface area contributed by atoms with Gasteiger partial charge in [0.1, 0.15) is 12.4 Å². The Morgan fingerprint density at radius 2 is 1.96 bits per heavy atom. The minimum absolute atomic E-state index is 0.0396. The first-order valence-corrected chi connectivity index (χ1v) is 9.34. The number of halogens is 1. The summed E-state index contributed by atoms with van der Waals surface area (Å²) in [5.74, 6) is -0.611. The van der Waals surface area contributed by atoms with Gasteiger partial charge in [-0.25, -0.2) is 4.98 Å². The summed E-state index contributed by atoms with van der Waals surface area (Å²) in [4.78, 5) is 22.3. The lowest BCUT2D eigenvalue weighted by molar-refractivity contribution is 0.0770. The zero-order valence-electron chi connectivity index (χ0n) is 15.6. The van der Waals surface area contributed by atoms with Crippen LogP contribution in [0, 0.1) is 5.82 Å². The van der Waals surface area contributed by atoms with Crippen molar-refractivity contribution < 1.29 is 13.9 Å². The number of likely N-dealkylation sites (tertiary alicyclic amines) is 1. The zero-order chi connectivity index (χ0) is 19.5. The molecule has 1 aliphatic rings. The Morgan fingerprint density at radius 1 is 1.21 bits per heavy atom. The lowest BCUT2D eigenvalue weighted by Gasteiger charge is -2.17. The molecule has 0 aliphatic carbocycles. The van der Waals surface area contributed by atoms with E-state index in [4.69, 9.17) is 4.74 Å². The number of benzene rings is 1. The molecule has 4 rings (SSSR count). The fourth-order valence-corrected chi connectivity index (χ4v) is 3.35. The van der Waals surface area contributed by atoms with Crippen molar-refractivity contribution in [3.63, 3.8) is 0 Å². The van der Waals surface area contributed by atoms with Crippen LogP contribution in [0.5, 0.6) is 5.88 Å². The highest BCUT2D eigenvalue weighted by Crippen LogP contribution is 2.22. The number of amides is 1. The predicted molar refractivity (Wildman–Crippen MR) is 102 cm³/mol. The highest BCUT2D eigenvalue weighted by molar-refractivity contribution is 5.94. The Morgan fingerprint density at radius 3 is 2.68 bits per heavy atom. The molecule has 1 amide bonds. The van der Waals surface area contributed by atoms with Crippen molar-refractivity contribution in [2.75, 3.05) is 13.1 Å². The van der Waals surface area contributed by atoms with Crippen LogP contribution >= 0.6 is 0 Å². The van der Waals surface area contributed by atoms with E-state index >= 15 is 0 Å². The quantitative estimate of drug-likeness (QED) is 0.682. The minimum Gasteiger partial charge on any atom is -0.470 e. The molecular formula is C21H21FN4O2. The molecule has 1 saturated heterocycles. The fourth-order valence-electron chi connectivity index (χ4n) is 3.35. The van der Waals surface area contributed by atoms with Crippen LogP contribution in [0.4, 0.5) is 4.39 Å². The molecule has 2 aromatic heterocycles. The zero-order valence-corrected chi connectivity index (χ0v) is 15.6. The molecule has 28 heavy (non-hydrogen) atoms. The third kappa shape index (κ3) is 3.60. The number of aryl methyl sites for hydroxylation is 1. The summed E-state index contributed by atoms with van der Waals surface area (Å²) in [6, 6.07) is 11.4. The Bertz CT molecular complexity index is 957. The summed E-state index contributed by atoms with van der Waals surface area (Å²) in [6.45, 7) is 2.80. The molecule has 0 saturated carbocycles. The SMILES string of the molecule is CCc1ncnc(OC2CCN(C(=O)c3ccc(-n4cccc4)cc3)C2)c1F. The van der Waals surface area contributed by atoms with Gasteiger partial charge in [0, 0.05) is 36.6 Å². The van der Waals surface area contributed by atoms with Gasteiger partial charge in [-0.05, 0) is 42.8 Å². The van der Waals surface area contributed by atoms with Crippen molar-refractivity contribution in [3.05, 3.63) is 72.2 Å². The summed E-state index contributed by atoms with van der Waals surface area (Å²) in [5, 5.41) is 0. The summed E-state index contributed by atoms with van der Waals surface area (Å²) >= 11 is 0. The normalized spacial score (nSPS) is 16.4. The standard InChI is InChI=1S/C21H21FN4O2/c1-2-18-19(22)20(24-14-23-18)28-17-9-12-26(13-17)21(27)15-5-7-16(8-6-15)25-10-3-4-11-25/h3-8,10-11,14,17H,2,9,12-13H2,1H3. The van der Waals surface area contributed by atoms with Crippen molar-refractivity contribution >= 4 is 5.91 Å². The van der Waals surface area contributed by atoms with Gasteiger partial charge in [0.2, 0.25) is 5.82 Å². The van der Waals surface area contributed by atoms with E-state index in [9.17, 15) is 9.18 Å². The van der Waals surface area contributed by atoms with Crippen LogP contribution in [0.1, 0.15) is 29.4 Å². The van der Waals surface area contributed by atoms with Crippen molar-refractivity contribution in [2.45, 2.75) is 25.9 Å². The molecule has 0 N–H and O–H groups in total. The van der Waals surface area contributed by atoms with Gasteiger partial charge in [-0.15, -0.1) is 0 Å². The molecule has 0 spiro atoms. The molecule has 1 aromatic carbocycles. The number of rotatable bonds is 5. The average molecular weight is 380 g/mol. The number of carbonyl (C=O) groups excluding carboxylic acids is 1. The summed E-state index contributed by atoms with van der Waals surface area (Å²) in [6.07, 6.45) is 6.04. The summed E-state index contributed by atoms with van der Waals surface area (Å²) in [7, 11) is 0. The second-order valence-electron chi connectivity index (χ2n) is 6.71. The van der Waals surface area contributed by atoms with Gasteiger partial charge in [-0.1, -0.05) is 6.92 Å². The highest BCUT2D eigenvalue weighted by Gasteiger charge is 2.29. The van der Waals surface area contributed by atoms with Crippen molar-refractivity contribution in [1.82, 2.24) is 19.4 Å². The van der Waals surface area contributed by atoms with Crippen LogP contribution in [0.25, 0.3) is 5.69 Å². The Hall–Kier alpha value is -3.22. The number of hydrogen-bond donors (Lipinski definition) is 0. The lowest BCUT2D eigenvalue weighted by atomic mass is 10.2. The van der Waals surface area contributed by atoms with Crippen molar-refractivity contribution in [3.8, 4) is 11.6 Å². The van der Waals surface area contributed by atoms with E-state index in [2.05, 4.69) is 9.97 Å². The van der Waals surface area contributed by atoms with Crippen LogP contribution in [0.3, 0.4) is 0 Å². The van der Waals surface area contributed by atoms with Gasteiger partial charge in [-0.2, -0.15) is 9.37 Å². The molecule has 1 fully saturated rings. The van der Waals surface area contributed by atoms with Gasteiger partial charge in [-0.3, -0.25) is 4.79 Å². The van der Waals surface area contributed by atoms with Gasteiger partial charge < -0.3 is 14.2 Å². The van der Waals surface area contributed by atoms with Crippen molar-refractivity contribution in [1.29, 1.82) is 0 Å². The first-order chi connectivity index (χ1) is 13.7. The number of carbonyl (C=O) groups is 1. The van der Waals surface area contributed by atoms with E-state index < -0.39 is 5.82 Å². The maximum Gasteiger partial charge on any atom is 0.254 e. The fraction of sp³-hybridized carbons (Fsp3) is 0.286. The van der Waals surface area contributed by atoms with Gasteiger partial charge in [0.25, 0.3) is 11.8 Å². The monoisotopic (exact) mass is 380 g/mol. The number of hydrogen-bond acceptors (Lipinski definition) is 4. The Labute approximate surface area is 162 Å². The number of aromatic nitrogens is 3. The molecule has 3 heterocycles. The first kappa shape index (κ1) is 18.2. The first-order valence-electron chi connectivity index (χ1n) is 9.34. The highest BCUT2D eigenvalue weighted by atomic mass is 19.1. The maximum atomic E-state index is 14.3. The van der Waals surface area contributed by atoms with E-state index in [0.29, 0.717) is 37.2 Å². The van der Waals surface area contributed by atoms with Gasteiger partial charge in [0.15, 0.2) is 0 Å². The minimum atomic E-state index is -0.518. The second-order valence-corrected chi connectivity index (χ2v) is 6.71. The van der Waals surface area contributed by atoms with E-state index in [1.807, 2.05) is 60.3 Å². The molecule has 7 heteroatoms. The van der Waals surface area contributed by atoms with Crippen LogP contribution in [0.15, 0.2) is 55.1 Å². The molecule has 1 unspecified atom stereocenters. The third-order valence-electron chi connectivity index (χ3n) is 4.89. The molecule has 1 aliphatic heterocycles. The molecule has 0 radical (unpaired) electrons. The van der Waals surface area contributed by atoms with Crippen LogP contribution in [0.2, 0.25) is 0 Å². The second kappa shape index (κ2) is 7.80. The summed E-state index contributed by atoms with van der Waals surface area (Å²) < 4.78 is 22.0. The maximum absolute atomic E-state index is 14.3. The molecule has 6 nitrogen and oxygen atoms in total. The van der Waals surface area contributed by atoms with Crippen LogP contribution in [-0.2, 0) is 6.42 Å². The smallest absolute Gasteiger partial charge is 0.254 e. The Balaban J connectivity index is 1.40. The largest absolute Gasteiger partial charge is 0.470 e.